The second kappa shape index (κ2) is 7.31. The predicted molar refractivity (Wildman–Crippen MR) is 76.9 cm³/mol. The molecule has 0 aromatic heterocycles. The van der Waals surface area contributed by atoms with E-state index in [4.69, 9.17) is 14.2 Å². The lowest BCUT2D eigenvalue weighted by atomic mass is 10.1. The van der Waals surface area contributed by atoms with Crippen molar-refractivity contribution in [3.8, 4) is 17.2 Å². The van der Waals surface area contributed by atoms with E-state index in [0.717, 1.165) is 28.6 Å². The first-order valence-electron chi connectivity index (χ1n) is 5.78. The van der Waals surface area contributed by atoms with E-state index in [9.17, 15) is 0 Å². The van der Waals surface area contributed by atoms with E-state index in [1.165, 1.54) is 0 Å². The Morgan fingerprint density at radius 1 is 1.06 bits per heavy atom. The Kier molecular flexibility index (Phi) is 6.05. The zero-order valence-electron chi connectivity index (χ0n) is 11.2. The molecule has 0 bridgehead atoms. The molecule has 1 rings (SSSR count). The fourth-order valence-electron chi connectivity index (χ4n) is 1.83. The van der Waals surface area contributed by atoms with Crippen molar-refractivity contribution in [2.24, 2.45) is 0 Å². The molecule has 0 unspecified atom stereocenters. The number of rotatable bonds is 6. The van der Waals surface area contributed by atoms with Gasteiger partial charge >= 0.3 is 0 Å². The highest BCUT2D eigenvalue weighted by molar-refractivity contribution is 9.10. The van der Waals surface area contributed by atoms with Gasteiger partial charge in [-0.2, -0.15) is 0 Å². The minimum absolute atomic E-state index is 0.629. The second-order valence-corrected chi connectivity index (χ2v) is 4.58. The molecule has 0 fully saturated rings. The first-order chi connectivity index (χ1) is 8.69. The minimum Gasteiger partial charge on any atom is -0.492 e. The van der Waals surface area contributed by atoms with Crippen LogP contribution in [0.1, 0.15) is 18.9 Å². The minimum atomic E-state index is 0.629. The number of hydrogen-bond acceptors (Lipinski definition) is 3. The Labute approximate surface area is 117 Å². The molecule has 0 saturated heterocycles. The van der Waals surface area contributed by atoms with Crippen LogP contribution < -0.4 is 14.2 Å². The fourth-order valence-corrected chi connectivity index (χ4v) is 2.45. The molecule has 0 N–H and O–H groups in total. The lowest BCUT2D eigenvalue weighted by Gasteiger charge is -2.17. The Morgan fingerprint density at radius 2 is 1.67 bits per heavy atom. The summed E-state index contributed by atoms with van der Waals surface area (Å²) in [5.41, 5.74) is 1.10. The molecule has 3 nitrogen and oxygen atoms in total. The zero-order valence-corrected chi connectivity index (χ0v) is 12.8. The fraction of sp³-hybridized carbons (Fsp3) is 0.429. The number of aryl methyl sites for hydroxylation is 1. The monoisotopic (exact) mass is 314 g/mol. The molecule has 0 heterocycles. The van der Waals surface area contributed by atoms with Crippen LogP contribution in [0.2, 0.25) is 0 Å². The van der Waals surface area contributed by atoms with Gasteiger partial charge in [0.1, 0.15) is 0 Å². The third-order valence-corrected chi connectivity index (χ3v) is 3.24. The third kappa shape index (κ3) is 3.19. The quantitative estimate of drug-likeness (QED) is 0.743. The molecule has 18 heavy (non-hydrogen) atoms. The highest BCUT2D eigenvalue weighted by Gasteiger charge is 2.18. The molecule has 100 valence electrons. The summed E-state index contributed by atoms with van der Waals surface area (Å²) < 4.78 is 17.0. The molecule has 1 aromatic carbocycles. The van der Waals surface area contributed by atoms with E-state index in [0.29, 0.717) is 11.5 Å². The first kappa shape index (κ1) is 14.9. The van der Waals surface area contributed by atoms with Crippen molar-refractivity contribution in [3.63, 3.8) is 0 Å². The van der Waals surface area contributed by atoms with Crippen molar-refractivity contribution in [2.45, 2.75) is 19.8 Å². The van der Waals surface area contributed by atoms with Crippen molar-refractivity contribution >= 4 is 15.9 Å². The highest BCUT2D eigenvalue weighted by Crippen LogP contribution is 2.45. The lowest BCUT2D eigenvalue weighted by molar-refractivity contribution is 0.321. The van der Waals surface area contributed by atoms with E-state index in [2.05, 4.69) is 22.0 Å². The maximum atomic E-state index is 5.45. The second-order valence-electron chi connectivity index (χ2n) is 3.72. The molecule has 0 aliphatic heterocycles. The lowest BCUT2D eigenvalue weighted by Crippen LogP contribution is -2.00. The highest BCUT2D eigenvalue weighted by atomic mass is 79.9. The standard InChI is InChI=1S/C14H19BrO3/c1-5-6-7-8-10-9-11(15)13(17-3)14(18-4)12(10)16-2/h5-6,9H,7-8H2,1-4H3/b6-5-. The van der Waals surface area contributed by atoms with E-state index in [1.54, 1.807) is 21.3 Å². The van der Waals surface area contributed by atoms with Gasteiger partial charge in [0.2, 0.25) is 5.75 Å². The van der Waals surface area contributed by atoms with Crippen LogP contribution >= 0.6 is 15.9 Å². The van der Waals surface area contributed by atoms with Crippen LogP contribution in [0.25, 0.3) is 0 Å². The summed E-state index contributed by atoms with van der Waals surface area (Å²) in [7, 11) is 4.87. The van der Waals surface area contributed by atoms with Gasteiger partial charge in [0.05, 0.1) is 25.8 Å². The van der Waals surface area contributed by atoms with Gasteiger partial charge in [-0.3, -0.25) is 0 Å². The van der Waals surface area contributed by atoms with Gasteiger partial charge in [-0.05, 0) is 47.3 Å². The van der Waals surface area contributed by atoms with Gasteiger partial charge in [0.15, 0.2) is 11.5 Å². The van der Waals surface area contributed by atoms with Crippen LogP contribution in [-0.2, 0) is 6.42 Å². The van der Waals surface area contributed by atoms with E-state index >= 15 is 0 Å². The van der Waals surface area contributed by atoms with Gasteiger partial charge in [-0.1, -0.05) is 12.2 Å². The van der Waals surface area contributed by atoms with Crippen LogP contribution in [0.3, 0.4) is 0 Å². The van der Waals surface area contributed by atoms with Crippen molar-refractivity contribution < 1.29 is 14.2 Å². The molecule has 0 amide bonds. The van der Waals surface area contributed by atoms with Gasteiger partial charge in [0.25, 0.3) is 0 Å². The molecule has 0 aliphatic carbocycles. The van der Waals surface area contributed by atoms with E-state index in [1.807, 2.05) is 19.1 Å². The van der Waals surface area contributed by atoms with Crippen LogP contribution in [-0.4, -0.2) is 21.3 Å². The molecule has 0 spiro atoms. The Hall–Kier alpha value is -1.16. The van der Waals surface area contributed by atoms with Crippen molar-refractivity contribution in [1.82, 2.24) is 0 Å². The average molecular weight is 315 g/mol. The number of halogens is 1. The molecular weight excluding hydrogens is 296 g/mol. The molecular formula is C14H19BrO3. The normalized spacial score (nSPS) is 10.7. The zero-order chi connectivity index (χ0) is 13.5. The van der Waals surface area contributed by atoms with Crippen LogP contribution in [0.15, 0.2) is 22.7 Å². The van der Waals surface area contributed by atoms with Crippen molar-refractivity contribution in [1.29, 1.82) is 0 Å². The maximum absolute atomic E-state index is 5.45. The summed E-state index contributed by atoms with van der Waals surface area (Å²) in [6.45, 7) is 2.02. The summed E-state index contributed by atoms with van der Waals surface area (Å²) in [5, 5.41) is 0. The number of allylic oxidation sites excluding steroid dienone is 2. The topological polar surface area (TPSA) is 27.7 Å². The predicted octanol–water partition coefficient (Wildman–Crippen LogP) is 3.98. The van der Waals surface area contributed by atoms with Crippen LogP contribution in [0.4, 0.5) is 0 Å². The van der Waals surface area contributed by atoms with E-state index in [-0.39, 0.29) is 0 Å². The number of ether oxygens (including phenoxy) is 3. The van der Waals surface area contributed by atoms with Gasteiger partial charge in [-0.25, -0.2) is 0 Å². The van der Waals surface area contributed by atoms with E-state index < -0.39 is 0 Å². The van der Waals surface area contributed by atoms with Crippen LogP contribution in [0, 0.1) is 0 Å². The largest absolute Gasteiger partial charge is 0.492 e. The number of hydrogen-bond donors (Lipinski definition) is 0. The summed E-state index contributed by atoms with van der Waals surface area (Å²) in [5.74, 6) is 2.02. The molecule has 1 aromatic rings. The molecule has 4 heteroatoms. The smallest absolute Gasteiger partial charge is 0.204 e. The molecule has 0 radical (unpaired) electrons. The molecule has 0 saturated carbocycles. The van der Waals surface area contributed by atoms with Crippen LogP contribution in [0.5, 0.6) is 17.2 Å². The summed E-state index contributed by atoms with van der Waals surface area (Å²) in [4.78, 5) is 0. The Balaban J connectivity index is 3.21. The third-order valence-electron chi connectivity index (χ3n) is 2.65. The number of methoxy groups -OCH3 is 3. The summed E-state index contributed by atoms with van der Waals surface area (Å²) in [6, 6.07) is 2.02. The van der Waals surface area contributed by atoms with Gasteiger partial charge in [-0.15, -0.1) is 0 Å². The maximum Gasteiger partial charge on any atom is 0.204 e. The Morgan fingerprint density at radius 3 is 2.17 bits per heavy atom. The SMILES string of the molecule is C/C=C\CCc1cc(Br)c(OC)c(OC)c1OC. The summed E-state index contributed by atoms with van der Waals surface area (Å²) in [6.07, 6.45) is 6.04. The first-order valence-corrected chi connectivity index (χ1v) is 6.57. The van der Waals surface area contributed by atoms with Crippen molar-refractivity contribution in [2.75, 3.05) is 21.3 Å². The average Bonchev–Trinajstić information content (AvgIpc) is 2.38. The summed E-state index contributed by atoms with van der Waals surface area (Å²) >= 11 is 3.49. The van der Waals surface area contributed by atoms with Gasteiger partial charge in [0, 0.05) is 0 Å². The van der Waals surface area contributed by atoms with Gasteiger partial charge < -0.3 is 14.2 Å². The Bertz CT molecular complexity index is 428. The number of benzene rings is 1. The molecule has 0 aliphatic rings. The van der Waals surface area contributed by atoms with Crippen molar-refractivity contribution in [3.05, 3.63) is 28.3 Å². The molecule has 0 atom stereocenters.